The molecule has 23 heavy (non-hydrogen) atoms. The summed E-state index contributed by atoms with van der Waals surface area (Å²) >= 11 is 0. The smallest absolute Gasteiger partial charge is 0.327 e. The SMILES string of the molecule is O=C1CCN(Cc2cccnc2)C(=O)N1Cc1ccc[nH]c1=O. The first-order valence-corrected chi connectivity index (χ1v) is 7.30. The van der Waals surface area contributed by atoms with Crippen LogP contribution in [0.25, 0.3) is 0 Å². The van der Waals surface area contributed by atoms with Gasteiger partial charge >= 0.3 is 6.03 Å². The molecule has 0 unspecified atom stereocenters. The summed E-state index contributed by atoms with van der Waals surface area (Å²) in [6.45, 7) is 0.743. The highest BCUT2D eigenvalue weighted by molar-refractivity contribution is 5.96. The summed E-state index contributed by atoms with van der Waals surface area (Å²) in [5.41, 5.74) is 0.989. The first kappa shape index (κ1) is 15.0. The molecule has 1 aliphatic rings. The molecule has 3 heterocycles. The highest BCUT2D eigenvalue weighted by atomic mass is 16.2. The Kier molecular flexibility index (Phi) is 4.18. The van der Waals surface area contributed by atoms with Gasteiger partial charge in [-0.15, -0.1) is 0 Å². The summed E-state index contributed by atoms with van der Waals surface area (Å²) in [6.07, 6.45) is 5.12. The number of hydrogen-bond donors (Lipinski definition) is 1. The fraction of sp³-hybridized carbons (Fsp3) is 0.250. The monoisotopic (exact) mass is 312 g/mol. The lowest BCUT2D eigenvalue weighted by atomic mass is 10.2. The van der Waals surface area contributed by atoms with Gasteiger partial charge in [0.2, 0.25) is 5.91 Å². The van der Waals surface area contributed by atoms with Crippen LogP contribution < -0.4 is 5.56 Å². The van der Waals surface area contributed by atoms with Crippen molar-refractivity contribution in [2.45, 2.75) is 19.5 Å². The van der Waals surface area contributed by atoms with Crippen molar-refractivity contribution in [3.05, 3.63) is 64.3 Å². The van der Waals surface area contributed by atoms with Crippen molar-refractivity contribution in [1.29, 1.82) is 0 Å². The topological polar surface area (TPSA) is 86.4 Å². The van der Waals surface area contributed by atoms with E-state index in [9.17, 15) is 14.4 Å². The van der Waals surface area contributed by atoms with E-state index in [0.29, 0.717) is 18.7 Å². The Morgan fingerprint density at radius 3 is 2.74 bits per heavy atom. The van der Waals surface area contributed by atoms with Crippen LogP contribution >= 0.6 is 0 Å². The van der Waals surface area contributed by atoms with Crippen molar-refractivity contribution >= 4 is 11.9 Å². The zero-order valence-electron chi connectivity index (χ0n) is 12.4. The number of amides is 3. The van der Waals surface area contributed by atoms with Crippen LogP contribution in [0.15, 0.2) is 47.7 Å². The molecule has 1 fully saturated rings. The summed E-state index contributed by atoms with van der Waals surface area (Å²) in [6, 6.07) is 6.58. The van der Waals surface area contributed by atoms with Crippen LogP contribution in [-0.2, 0) is 17.9 Å². The lowest BCUT2D eigenvalue weighted by Crippen LogP contribution is -2.51. The number of aromatic amines is 1. The molecule has 118 valence electrons. The number of H-pyrrole nitrogens is 1. The molecular weight excluding hydrogens is 296 g/mol. The summed E-state index contributed by atoms with van der Waals surface area (Å²) < 4.78 is 0. The molecule has 0 aliphatic carbocycles. The molecule has 7 heteroatoms. The summed E-state index contributed by atoms with van der Waals surface area (Å²) in [5.74, 6) is -0.263. The molecule has 3 rings (SSSR count). The number of urea groups is 1. The third-order valence-electron chi connectivity index (χ3n) is 3.72. The van der Waals surface area contributed by atoms with Crippen molar-refractivity contribution in [2.75, 3.05) is 6.54 Å². The molecule has 0 radical (unpaired) electrons. The van der Waals surface area contributed by atoms with Gasteiger partial charge in [-0.3, -0.25) is 19.5 Å². The second-order valence-corrected chi connectivity index (χ2v) is 5.32. The van der Waals surface area contributed by atoms with E-state index >= 15 is 0 Å². The van der Waals surface area contributed by atoms with E-state index in [1.54, 1.807) is 35.5 Å². The number of carbonyl (C=O) groups excluding carboxylic acids is 2. The van der Waals surface area contributed by atoms with E-state index in [4.69, 9.17) is 0 Å². The molecule has 3 amide bonds. The Labute approximate surface area is 132 Å². The zero-order chi connectivity index (χ0) is 16.2. The number of rotatable bonds is 4. The van der Waals surface area contributed by atoms with E-state index in [0.717, 1.165) is 10.5 Å². The summed E-state index contributed by atoms with van der Waals surface area (Å²) in [7, 11) is 0. The maximum Gasteiger partial charge on any atom is 0.327 e. The van der Waals surface area contributed by atoms with Crippen LogP contribution in [0.3, 0.4) is 0 Å². The molecule has 0 spiro atoms. The first-order valence-electron chi connectivity index (χ1n) is 7.30. The average Bonchev–Trinajstić information content (AvgIpc) is 2.57. The molecule has 7 nitrogen and oxygen atoms in total. The fourth-order valence-corrected chi connectivity index (χ4v) is 2.50. The minimum atomic E-state index is -0.381. The minimum absolute atomic E-state index is 0.0165. The number of hydrogen-bond acceptors (Lipinski definition) is 4. The molecule has 1 aliphatic heterocycles. The van der Waals surface area contributed by atoms with Gasteiger partial charge < -0.3 is 9.88 Å². The first-order chi connectivity index (χ1) is 11.1. The van der Waals surface area contributed by atoms with Gasteiger partial charge in [-0.25, -0.2) is 4.79 Å². The molecule has 0 saturated carbocycles. The van der Waals surface area contributed by atoms with Crippen molar-refractivity contribution in [1.82, 2.24) is 19.8 Å². The molecule has 2 aromatic heterocycles. The highest BCUT2D eigenvalue weighted by Gasteiger charge is 2.32. The quantitative estimate of drug-likeness (QED) is 0.916. The predicted octanol–water partition coefficient (Wildman–Crippen LogP) is 1.12. The number of nitrogens with zero attached hydrogens (tertiary/aromatic N) is 3. The Hall–Kier alpha value is -2.96. The lowest BCUT2D eigenvalue weighted by molar-refractivity contribution is -0.131. The van der Waals surface area contributed by atoms with Crippen LogP contribution in [0, 0.1) is 0 Å². The summed E-state index contributed by atoms with van der Waals surface area (Å²) in [4.78, 5) is 45.7. The molecule has 0 atom stereocenters. The predicted molar refractivity (Wildman–Crippen MR) is 82.3 cm³/mol. The second-order valence-electron chi connectivity index (χ2n) is 5.32. The number of aromatic nitrogens is 2. The van der Waals surface area contributed by atoms with Crippen LogP contribution in [0.5, 0.6) is 0 Å². The number of carbonyl (C=O) groups is 2. The van der Waals surface area contributed by atoms with Crippen molar-refractivity contribution in [2.24, 2.45) is 0 Å². The van der Waals surface area contributed by atoms with E-state index in [1.807, 2.05) is 6.07 Å². The largest absolute Gasteiger partial charge is 0.329 e. The van der Waals surface area contributed by atoms with E-state index in [2.05, 4.69) is 9.97 Å². The maximum absolute atomic E-state index is 12.6. The Balaban J connectivity index is 1.77. The Morgan fingerprint density at radius 2 is 2.00 bits per heavy atom. The van der Waals surface area contributed by atoms with E-state index in [1.165, 1.54) is 6.20 Å². The number of pyridine rings is 2. The molecular formula is C16H16N4O3. The van der Waals surface area contributed by atoms with Gasteiger partial charge in [0, 0.05) is 43.7 Å². The van der Waals surface area contributed by atoms with Crippen LogP contribution in [0.2, 0.25) is 0 Å². The van der Waals surface area contributed by atoms with Gasteiger partial charge in [0.25, 0.3) is 5.56 Å². The lowest BCUT2D eigenvalue weighted by Gasteiger charge is -2.34. The standard InChI is InChI=1S/C16H16N4O3/c21-14-5-8-19(10-12-3-1-6-17-9-12)16(23)20(14)11-13-4-2-7-18-15(13)22/h1-4,6-7,9H,5,8,10-11H2,(H,18,22). The average molecular weight is 312 g/mol. The van der Waals surface area contributed by atoms with Gasteiger partial charge in [-0.1, -0.05) is 12.1 Å². The van der Waals surface area contributed by atoms with E-state index in [-0.39, 0.29) is 30.5 Å². The van der Waals surface area contributed by atoms with Crippen LogP contribution in [0.4, 0.5) is 4.79 Å². The van der Waals surface area contributed by atoms with Crippen LogP contribution in [-0.4, -0.2) is 38.3 Å². The highest BCUT2D eigenvalue weighted by Crippen LogP contribution is 2.16. The molecule has 0 aromatic carbocycles. The molecule has 2 aromatic rings. The normalized spacial score (nSPS) is 15.1. The molecule has 1 N–H and O–H groups in total. The van der Waals surface area contributed by atoms with Crippen molar-refractivity contribution in [3.63, 3.8) is 0 Å². The third-order valence-corrected chi connectivity index (χ3v) is 3.72. The van der Waals surface area contributed by atoms with Gasteiger partial charge in [0.05, 0.1) is 6.54 Å². The minimum Gasteiger partial charge on any atom is -0.329 e. The van der Waals surface area contributed by atoms with Gasteiger partial charge in [-0.05, 0) is 17.7 Å². The van der Waals surface area contributed by atoms with Crippen molar-refractivity contribution < 1.29 is 9.59 Å². The Bertz CT molecular complexity index is 772. The van der Waals surface area contributed by atoms with Gasteiger partial charge in [0.15, 0.2) is 0 Å². The van der Waals surface area contributed by atoms with E-state index < -0.39 is 0 Å². The fourth-order valence-electron chi connectivity index (χ4n) is 2.50. The number of imide groups is 1. The third kappa shape index (κ3) is 3.28. The molecule has 0 bridgehead atoms. The summed E-state index contributed by atoms with van der Waals surface area (Å²) in [5, 5.41) is 0. The van der Waals surface area contributed by atoms with Gasteiger partial charge in [0.1, 0.15) is 0 Å². The van der Waals surface area contributed by atoms with Gasteiger partial charge in [-0.2, -0.15) is 0 Å². The Morgan fingerprint density at radius 1 is 1.13 bits per heavy atom. The molecule has 1 saturated heterocycles. The van der Waals surface area contributed by atoms with Crippen molar-refractivity contribution in [3.8, 4) is 0 Å². The second kappa shape index (κ2) is 6.43. The number of nitrogens with one attached hydrogen (secondary N) is 1. The maximum atomic E-state index is 12.6. The van der Waals surface area contributed by atoms with Crippen LogP contribution in [0.1, 0.15) is 17.5 Å². The zero-order valence-corrected chi connectivity index (χ0v) is 12.4.